The lowest BCUT2D eigenvalue weighted by Gasteiger charge is -2.56. The molecule has 1 saturated heterocycles. The number of benzene rings is 2. The zero-order valence-corrected chi connectivity index (χ0v) is 15.4. The Morgan fingerprint density at radius 1 is 1.15 bits per heavy atom. The van der Waals surface area contributed by atoms with Crippen molar-refractivity contribution in [1.82, 2.24) is 10.2 Å². The minimum Gasteiger partial charge on any atom is -0.364 e. The van der Waals surface area contributed by atoms with Crippen LogP contribution in [-0.4, -0.2) is 23.0 Å². The summed E-state index contributed by atoms with van der Waals surface area (Å²) in [6, 6.07) is 14.8. The van der Waals surface area contributed by atoms with Gasteiger partial charge in [-0.1, -0.05) is 41.4 Å². The molecule has 0 aliphatic carbocycles. The third kappa shape index (κ3) is 2.65. The van der Waals surface area contributed by atoms with E-state index in [1.807, 2.05) is 36.1 Å². The Hall–Kier alpha value is -2.48. The smallest absolute Gasteiger partial charge is 0.250 e. The number of carbonyl (C=O) groups is 1. The molecule has 2 aromatic carbocycles. The van der Waals surface area contributed by atoms with Crippen molar-refractivity contribution in [1.29, 1.82) is 5.26 Å². The maximum absolute atomic E-state index is 12.6. The first-order valence-corrected chi connectivity index (χ1v) is 9.01. The Morgan fingerprint density at radius 2 is 1.88 bits per heavy atom. The third-order valence-corrected chi connectivity index (χ3v) is 5.63. The van der Waals surface area contributed by atoms with Crippen LogP contribution in [0.4, 0.5) is 0 Å². The zero-order chi connectivity index (χ0) is 18.4. The summed E-state index contributed by atoms with van der Waals surface area (Å²) >= 11 is 12.4. The van der Waals surface area contributed by atoms with Crippen molar-refractivity contribution in [3.05, 3.63) is 75.3 Å². The maximum atomic E-state index is 12.6. The number of carbonyl (C=O) groups excluding carboxylic acids is 1. The SMILES string of the molecule is CC1C(c2ccc(Cl)cc2Cl)C2NC(c3ccc(C#N)cc3)=CC(=O)N12. The molecule has 130 valence electrons. The number of halogens is 2. The van der Waals surface area contributed by atoms with Gasteiger partial charge in [0, 0.05) is 33.8 Å². The fourth-order valence-corrected chi connectivity index (χ4v) is 4.29. The van der Waals surface area contributed by atoms with E-state index in [4.69, 9.17) is 28.5 Å². The summed E-state index contributed by atoms with van der Waals surface area (Å²) in [5.74, 6) is 0.0488. The monoisotopic (exact) mass is 383 g/mol. The highest BCUT2D eigenvalue weighted by Crippen LogP contribution is 2.44. The molecule has 3 atom stereocenters. The normalized spacial score (nSPS) is 24.1. The van der Waals surface area contributed by atoms with Crippen molar-refractivity contribution >= 4 is 34.8 Å². The van der Waals surface area contributed by atoms with Gasteiger partial charge in [-0.15, -0.1) is 0 Å². The van der Waals surface area contributed by atoms with E-state index in [1.54, 1.807) is 24.3 Å². The number of nitrogens with zero attached hydrogens (tertiary/aromatic N) is 2. The summed E-state index contributed by atoms with van der Waals surface area (Å²) < 4.78 is 0. The van der Waals surface area contributed by atoms with E-state index in [-0.39, 0.29) is 24.0 Å². The Bertz CT molecular complexity index is 962. The number of rotatable bonds is 2. The molecule has 0 bridgehead atoms. The van der Waals surface area contributed by atoms with Crippen LogP contribution < -0.4 is 5.32 Å². The highest BCUT2D eigenvalue weighted by atomic mass is 35.5. The van der Waals surface area contributed by atoms with Gasteiger partial charge in [0.15, 0.2) is 0 Å². The van der Waals surface area contributed by atoms with Crippen LogP contribution >= 0.6 is 23.2 Å². The van der Waals surface area contributed by atoms with E-state index in [0.29, 0.717) is 15.6 Å². The first-order valence-electron chi connectivity index (χ1n) is 8.25. The standard InChI is InChI=1S/C20H15Cl2N3O/c1-11-19(15-7-6-14(21)8-16(15)22)20-24-17(9-18(26)25(11)20)13-4-2-12(10-23)3-5-13/h2-9,11,19-20,24H,1H3. The molecule has 2 aromatic rings. The second-order valence-corrected chi connectivity index (χ2v) is 7.36. The van der Waals surface area contributed by atoms with Gasteiger partial charge in [-0.2, -0.15) is 5.26 Å². The third-order valence-electron chi connectivity index (χ3n) is 5.07. The molecular weight excluding hydrogens is 369 g/mol. The number of amides is 1. The van der Waals surface area contributed by atoms with E-state index in [0.717, 1.165) is 16.8 Å². The van der Waals surface area contributed by atoms with Crippen LogP contribution in [0.3, 0.4) is 0 Å². The quantitative estimate of drug-likeness (QED) is 0.847. The molecule has 2 aliphatic heterocycles. The average Bonchev–Trinajstić information content (AvgIpc) is 2.63. The van der Waals surface area contributed by atoms with E-state index in [2.05, 4.69) is 11.4 Å². The predicted octanol–water partition coefficient (Wildman–Crippen LogP) is 4.15. The van der Waals surface area contributed by atoms with Crippen LogP contribution in [-0.2, 0) is 4.79 Å². The molecule has 1 amide bonds. The van der Waals surface area contributed by atoms with Gasteiger partial charge in [-0.05, 0) is 42.3 Å². The van der Waals surface area contributed by atoms with Crippen LogP contribution in [0.25, 0.3) is 5.70 Å². The Labute approximate surface area is 161 Å². The molecule has 0 radical (unpaired) electrons. The minimum absolute atomic E-state index is 0.0260. The van der Waals surface area contributed by atoms with Gasteiger partial charge >= 0.3 is 0 Å². The van der Waals surface area contributed by atoms with Crippen LogP contribution in [0.2, 0.25) is 10.0 Å². The molecule has 0 saturated carbocycles. The van der Waals surface area contributed by atoms with Crippen molar-refractivity contribution in [2.45, 2.75) is 25.0 Å². The van der Waals surface area contributed by atoms with E-state index in [1.165, 1.54) is 0 Å². The number of nitriles is 1. The van der Waals surface area contributed by atoms with Gasteiger partial charge in [0.05, 0.1) is 11.6 Å². The average molecular weight is 384 g/mol. The fraction of sp³-hybridized carbons (Fsp3) is 0.200. The highest BCUT2D eigenvalue weighted by Gasteiger charge is 2.51. The molecule has 3 unspecified atom stereocenters. The summed E-state index contributed by atoms with van der Waals surface area (Å²) in [6.07, 6.45) is 1.44. The number of hydrogen-bond acceptors (Lipinski definition) is 3. The summed E-state index contributed by atoms with van der Waals surface area (Å²) in [6.45, 7) is 2.02. The molecule has 2 heterocycles. The van der Waals surface area contributed by atoms with Gasteiger partial charge in [-0.3, -0.25) is 4.79 Å². The summed E-state index contributed by atoms with van der Waals surface area (Å²) in [5.41, 5.74) is 3.19. The molecule has 6 heteroatoms. The topological polar surface area (TPSA) is 56.1 Å². The van der Waals surface area contributed by atoms with Crippen LogP contribution in [0.5, 0.6) is 0 Å². The lowest BCUT2D eigenvalue weighted by Crippen LogP contribution is -2.69. The number of nitrogens with one attached hydrogen (secondary N) is 1. The molecular formula is C20H15Cl2N3O. The highest BCUT2D eigenvalue weighted by molar-refractivity contribution is 6.35. The van der Waals surface area contributed by atoms with Crippen molar-refractivity contribution in [3.8, 4) is 6.07 Å². The molecule has 0 spiro atoms. The van der Waals surface area contributed by atoms with Crippen LogP contribution in [0.15, 0.2) is 48.5 Å². The zero-order valence-electron chi connectivity index (χ0n) is 13.9. The summed E-state index contributed by atoms with van der Waals surface area (Å²) in [5, 5.41) is 13.6. The van der Waals surface area contributed by atoms with Gasteiger partial charge in [-0.25, -0.2) is 0 Å². The molecule has 26 heavy (non-hydrogen) atoms. The lowest BCUT2D eigenvalue weighted by atomic mass is 9.78. The maximum Gasteiger partial charge on any atom is 0.250 e. The minimum atomic E-state index is -0.160. The second kappa shape index (κ2) is 6.35. The first-order chi connectivity index (χ1) is 12.5. The van der Waals surface area contributed by atoms with Crippen molar-refractivity contribution in [2.24, 2.45) is 0 Å². The van der Waals surface area contributed by atoms with E-state index < -0.39 is 0 Å². The van der Waals surface area contributed by atoms with Gasteiger partial charge in [0.25, 0.3) is 5.91 Å². The van der Waals surface area contributed by atoms with Crippen LogP contribution in [0, 0.1) is 11.3 Å². The first kappa shape index (κ1) is 17.0. The molecule has 2 aliphatic rings. The summed E-state index contributed by atoms with van der Waals surface area (Å²) in [4.78, 5) is 14.4. The van der Waals surface area contributed by atoms with Crippen molar-refractivity contribution in [3.63, 3.8) is 0 Å². The Kier molecular flexibility index (Phi) is 4.14. The van der Waals surface area contributed by atoms with E-state index in [9.17, 15) is 4.79 Å². The Morgan fingerprint density at radius 3 is 2.54 bits per heavy atom. The molecule has 4 rings (SSSR count). The second-order valence-electron chi connectivity index (χ2n) is 6.51. The Balaban J connectivity index is 1.66. The fourth-order valence-electron chi connectivity index (χ4n) is 3.75. The molecule has 0 aromatic heterocycles. The van der Waals surface area contributed by atoms with Crippen molar-refractivity contribution in [2.75, 3.05) is 0 Å². The molecule has 4 nitrogen and oxygen atoms in total. The van der Waals surface area contributed by atoms with Gasteiger partial charge < -0.3 is 10.2 Å². The van der Waals surface area contributed by atoms with Gasteiger partial charge in [0.2, 0.25) is 0 Å². The molecule has 1 fully saturated rings. The summed E-state index contributed by atoms with van der Waals surface area (Å²) in [7, 11) is 0. The van der Waals surface area contributed by atoms with Crippen LogP contribution in [0.1, 0.15) is 29.5 Å². The van der Waals surface area contributed by atoms with Gasteiger partial charge in [0.1, 0.15) is 6.17 Å². The largest absolute Gasteiger partial charge is 0.364 e. The number of fused-ring (bicyclic) bond motifs is 1. The molecule has 1 N–H and O–H groups in total. The van der Waals surface area contributed by atoms with E-state index >= 15 is 0 Å². The lowest BCUT2D eigenvalue weighted by molar-refractivity contribution is -0.143. The predicted molar refractivity (Wildman–Crippen MR) is 102 cm³/mol. The number of hydrogen-bond donors (Lipinski definition) is 1. The van der Waals surface area contributed by atoms with Crippen molar-refractivity contribution < 1.29 is 4.79 Å².